The average molecular weight is 357 g/mol. The van der Waals surface area contributed by atoms with Crippen molar-refractivity contribution >= 4 is 24.7 Å². The van der Waals surface area contributed by atoms with E-state index < -0.39 is 12.1 Å². The minimum atomic E-state index is -0.500. The van der Waals surface area contributed by atoms with Gasteiger partial charge in [0.1, 0.15) is 5.82 Å². The lowest BCUT2D eigenvalue weighted by Gasteiger charge is -2.19. The minimum absolute atomic E-state index is 0.193. The number of hydrogen-bond acceptors (Lipinski definition) is 4. The number of halogens is 1. The summed E-state index contributed by atoms with van der Waals surface area (Å²) in [5.74, 6) is -0.151. The van der Waals surface area contributed by atoms with E-state index in [-0.39, 0.29) is 11.7 Å². The van der Waals surface area contributed by atoms with E-state index in [1.807, 2.05) is 30.3 Å². The highest BCUT2D eigenvalue weighted by Gasteiger charge is 2.19. The van der Waals surface area contributed by atoms with Crippen molar-refractivity contribution < 1.29 is 13.7 Å². The fourth-order valence-corrected chi connectivity index (χ4v) is 2.56. The zero-order valence-electron chi connectivity index (χ0n) is 13.4. The second-order valence-electron chi connectivity index (χ2n) is 5.44. The first-order valence-electron chi connectivity index (χ1n) is 7.61. The second kappa shape index (κ2) is 7.40. The highest BCUT2D eigenvalue weighted by molar-refractivity contribution is 7.82. The van der Waals surface area contributed by atoms with Gasteiger partial charge in [0.2, 0.25) is 5.88 Å². The smallest absolute Gasteiger partial charge is 0.334 e. The van der Waals surface area contributed by atoms with Gasteiger partial charge in [0.05, 0.1) is 12.2 Å². The van der Waals surface area contributed by atoms with Gasteiger partial charge in [0, 0.05) is 11.6 Å². The normalized spacial score (nSPS) is 11.8. The van der Waals surface area contributed by atoms with Gasteiger partial charge in [-0.1, -0.05) is 60.4 Å². The first kappa shape index (κ1) is 17.0. The lowest BCUT2D eigenvalue weighted by molar-refractivity contribution is 0.246. The maximum absolute atomic E-state index is 14.5. The number of thiol groups is 1. The lowest BCUT2D eigenvalue weighted by atomic mass is 10.0. The van der Waals surface area contributed by atoms with E-state index in [0.717, 1.165) is 9.87 Å². The van der Waals surface area contributed by atoms with Crippen LogP contribution in [0.5, 0.6) is 0 Å². The van der Waals surface area contributed by atoms with Gasteiger partial charge in [-0.2, -0.15) is 0 Å². The van der Waals surface area contributed by atoms with Crippen molar-refractivity contribution in [3.63, 3.8) is 0 Å². The summed E-state index contributed by atoms with van der Waals surface area (Å²) in [7, 11) is 0. The van der Waals surface area contributed by atoms with Crippen LogP contribution in [0.25, 0.3) is 11.1 Å². The molecule has 1 heterocycles. The van der Waals surface area contributed by atoms with Crippen molar-refractivity contribution in [1.82, 2.24) is 10.5 Å². The number of hydrogen-bond donors (Lipinski definition) is 2. The molecule has 2 amide bonds. The summed E-state index contributed by atoms with van der Waals surface area (Å²) >= 11 is 4.07. The monoisotopic (exact) mass is 357 g/mol. The van der Waals surface area contributed by atoms with Crippen LogP contribution in [-0.4, -0.2) is 11.2 Å². The number of nitrogens with one attached hydrogen (secondary N) is 1. The van der Waals surface area contributed by atoms with Crippen molar-refractivity contribution in [2.75, 3.05) is 4.31 Å². The van der Waals surface area contributed by atoms with Gasteiger partial charge in [-0.3, -0.25) is 0 Å². The van der Waals surface area contributed by atoms with Gasteiger partial charge in [-0.05, 0) is 24.1 Å². The maximum Gasteiger partial charge on any atom is 0.334 e. The first-order chi connectivity index (χ1) is 12.1. The Morgan fingerprint density at radius 1 is 1.24 bits per heavy atom. The summed E-state index contributed by atoms with van der Waals surface area (Å²) in [6.07, 6.45) is 1.41. The minimum Gasteiger partial charge on any atom is -0.337 e. The third-order valence-electron chi connectivity index (χ3n) is 3.74. The van der Waals surface area contributed by atoms with E-state index in [1.54, 1.807) is 19.1 Å². The number of anilines is 1. The van der Waals surface area contributed by atoms with E-state index >= 15 is 0 Å². The third kappa shape index (κ3) is 3.83. The molecule has 0 fully saturated rings. The van der Waals surface area contributed by atoms with E-state index in [1.165, 1.54) is 18.3 Å². The third-order valence-corrected chi connectivity index (χ3v) is 4.12. The molecule has 1 N–H and O–H groups in total. The van der Waals surface area contributed by atoms with Crippen LogP contribution < -0.4 is 9.62 Å². The molecule has 5 nitrogen and oxygen atoms in total. The van der Waals surface area contributed by atoms with Crippen LogP contribution in [0.3, 0.4) is 0 Å². The molecule has 7 heteroatoms. The molecule has 25 heavy (non-hydrogen) atoms. The van der Waals surface area contributed by atoms with Crippen molar-refractivity contribution in [3.8, 4) is 11.1 Å². The second-order valence-corrected chi connectivity index (χ2v) is 5.84. The van der Waals surface area contributed by atoms with Gasteiger partial charge < -0.3 is 9.84 Å². The zero-order chi connectivity index (χ0) is 17.8. The molecule has 0 saturated heterocycles. The SMILES string of the molecule is CC(NC(=O)N(S)c1ccno1)c1ccc(-c2ccccc2)c(F)c1. The summed E-state index contributed by atoms with van der Waals surface area (Å²) < 4.78 is 20.3. The van der Waals surface area contributed by atoms with Crippen LogP contribution in [0.15, 0.2) is 65.3 Å². The van der Waals surface area contributed by atoms with E-state index in [2.05, 4.69) is 23.3 Å². The summed E-state index contributed by atoms with van der Waals surface area (Å²) in [4.78, 5) is 12.2. The molecule has 128 valence electrons. The maximum atomic E-state index is 14.5. The summed E-state index contributed by atoms with van der Waals surface area (Å²) in [5.41, 5.74) is 1.96. The largest absolute Gasteiger partial charge is 0.337 e. The van der Waals surface area contributed by atoms with Crippen LogP contribution in [0.1, 0.15) is 18.5 Å². The summed E-state index contributed by atoms with van der Waals surface area (Å²) in [6.45, 7) is 1.76. The Morgan fingerprint density at radius 3 is 2.64 bits per heavy atom. The molecule has 1 aromatic heterocycles. The zero-order valence-corrected chi connectivity index (χ0v) is 14.3. The van der Waals surface area contributed by atoms with Crippen molar-refractivity contribution in [1.29, 1.82) is 0 Å². The fourth-order valence-electron chi connectivity index (χ4n) is 2.40. The Balaban J connectivity index is 1.73. The number of amides is 2. The predicted octanol–water partition coefficient (Wildman–Crippen LogP) is 4.60. The summed E-state index contributed by atoms with van der Waals surface area (Å²) in [5, 5.41) is 6.24. The molecule has 0 saturated carbocycles. The Morgan fingerprint density at radius 2 is 2.00 bits per heavy atom. The highest BCUT2D eigenvalue weighted by atomic mass is 32.1. The highest BCUT2D eigenvalue weighted by Crippen LogP contribution is 2.26. The van der Waals surface area contributed by atoms with Crippen LogP contribution in [0.2, 0.25) is 0 Å². The molecule has 0 spiro atoms. The molecule has 3 rings (SSSR count). The molecule has 0 bridgehead atoms. The number of benzene rings is 2. The molecule has 0 aliphatic heterocycles. The Bertz CT molecular complexity index is 856. The summed E-state index contributed by atoms with van der Waals surface area (Å²) in [6, 6.07) is 14.8. The van der Waals surface area contributed by atoms with Gasteiger partial charge in [-0.25, -0.2) is 13.5 Å². The number of nitrogens with zero attached hydrogens (tertiary/aromatic N) is 2. The van der Waals surface area contributed by atoms with E-state index in [0.29, 0.717) is 11.1 Å². The number of aromatic nitrogens is 1. The molecule has 2 aromatic carbocycles. The van der Waals surface area contributed by atoms with Crippen molar-refractivity contribution in [2.24, 2.45) is 0 Å². The molecule has 3 aromatic rings. The van der Waals surface area contributed by atoms with Gasteiger partial charge in [0.25, 0.3) is 0 Å². The number of carbonyl (C=O) groups is 1. The Kier molecular flexibility index (Phi) is 5.04. The number of rotatable bonds is 4. The van der Waals surface area contributed by atoms with Crippen molar-refractivity contribution in [3.05, 3.63) is 72.2 Å². The predicted molar refractivity (Wildman–Crippen MR) is 96.8 cm³/mol. The number of urea groups is 1. The van der Waals surface area contributed by atoms with Crippen LogP contribution in [-0.2, 0) is 0 Å². The average Bonchev–Trinajstić information content (AvgIpc) is 3.16. The molecule has 1 atom stereocenters. The van der Waals surface area contributed by atoms with Gasteiger partial charge >= 0.3 is 6.03 Å². The Hall–Kier alpha value is -2.80. The lowest BCUT2D eigenvalue weighted by Crippen LogP contribution is -2.35. The molecule has 0 radical (unpaired) electrons. The Labute approximate surface area is 150 Å². The molecule has 1 unspecified atom stereocenters. The fraction of sp³-hybridized carbons (Fsp3) is 0.111. The molecule has 0 aliphatic carbocycles. The number of carbonyl (C=O) groups excluding carboxylic acids is 1. The van der Waals surface area contributed by atoms with Gasteiger partial charge in [0.15, 0.2) is 0 Å². The van der Waals surface area contributed by atoms with Crippen LogP contribution >= 0.6 is 12.8 Å². The van der Waals surface area contributed by atoms with E-state index in [9.17, 15) is 9.18 Å². The molecular formula is C18H16FN3O2S. The standard InChI is InChI=1S/C18H16FN3O2S/c1-12(21-18(23)22(25)17-9-10-20-24-17)14-7-8-15(16(19)11-14)13-5-3-2-4-6-13/h2-12,25H,1H3,(H,21,23). The van der Waals surface area contributed by atoms with Crippen LogP contribution in [0, 0.1) is 5.82 Å². The van der Waals surface area contributed by atoms with Crippen molar-refractivity contribution in [2.45, 2.75) is 13.0 Å². The molecular weight excluding hydrogens is 341 g/mol. The van der Waals surface area contributed by atoms with E-state index in [4.69, 9.17) is 4.52 Å². The quantitative estimate of drug-likeness (QED) is 0.671. The van der Waals surface area contributed by atoms with Crippen LogP contribution in [0.4, 0.5) is 15.1 Å². The first-order valence-corrected chi connectivity index (χ1v) is 8.01. The topological polar surface area (TPSA) is 58.4 Å². The molecule has 0 aliphatic rings. The van der Waals surface area contributed by atoms with Gasteiger partial charge in [-0.15, -0.1) is 0 Å².